The van der Waals surface area contributed by atoms with Gasteiger partial charge >= 0.3 is 6.03 Å². The third kappa shape index (κ3) is 5.19. The predicted octanol–water partition coefficient (Wildman–Crippen LogP) is 3.38. The highest BCUT2D eigenvalue weighted by Crippen LogP contribution is 2.41. The Hall–Kier alpha value is -1.65. The molecule has 1 aliphatic rings. The van der Waals surface area contributed by atoms with Crippen molar-refractivity contribution in [2.45, 2.75) is 71.8 Å². The van der Waals surface area contributed by atoms with Crippen LogP contribution in [0.15, 0.2) is 12.4 Å². The monoisotopic (exact) mass is 318 g/mol. The minimum absolute atomic E-state index is 0.0592. The van der Waals surface area contributed by atoms with E-state index in [1.165, 1.54) is 25.7 Å². The van der Waals surface area contributed by atoms with Crippen molar-refractivity contribution in [1.82, 2.24) is 20.6 Å². The molecule has 2 amide bonds. The van der Waals surface area contributed by atoms with Crippen LogP contribution in [0.1, 0.15) is 63.8 Å². The zero-order valence-corrected chi connectivity index (χ0v) is 14.7. The van der Waals surface area contributed by atoms with E-state index in [0.717, 1.165) is 24.2 Å². The standard InChI is InChI=1S/C18H30N4O/c1-4-18(5-2)9-6-15(7-10-18)22-17(23)20-11-8-16-13-19-12-14(3)21-16/h12-13,15H,4-11H2,1-3H3,(H2,20,22,23). The van der Waals surface area contributed by atoms with E-state index in [0.29, 0.717) is 24.4 Å². The molecular weight excluding hydrogens is 288 g/mol. The Morgan fingerprint density at radius 2 is 1.96 bits per heavy atom. The van der Waals surface area contributed by atoms with Gasteiger partial charge in [-0.2, -0.15) is 0 Å². The van der Waals surface area contributed by atoms with Gasteiger partial charge in [0.05, 0.1) is 11.4 Å². The van der Waals surface area contributed by atoms with E-state index in [1.54, 1.807) is 12.4 Å². The molecule has 1 aliphatic carbocycles. The molecule has 2 rings (SSSR count). The Bertz CT molecular complexity index is 503. The lowest BCUT2D eigenvalue weighted by Gasteiger charge is -2.39. The highest BCUT2D eigenvalue weighted by atomic mass is 16.2. The molecule has 128 valence electrons. The van der Waals surface area contributed by atoms with Crippen molar-refractivity contribution in [2.24, 2.45) is 5.41 Å². The Balaban J connectivity index is 1.68. The fourth-order valence-electron chi connectivity index (χ4n) is 3.51. The van der Waals surface area contributed by atoms with Gasteiger partial charge in [0.15, 0.2) is 0 Å². The maximum Gasteiger partial charge on any atom is 0.315 e. The van der Waals surface area contributed by atoms with Gasteiger partial charge in [0.1, 0.15) is 0 Å². The first kappa shape index (κ1) is 17.7. The van der Waals surface area contributed by atoms with Crippen LogP contribution in [0.4, 0.5) is 4.79 Å². The maximum absolute atomic E-state index is 12.0. The van der Waals surface area contributed by atoms with E-state index >= 15 is 0 Å². The number of aromatic nitrogens is 2. The number of carbonyl (C=O) groups is 1. The van der Waals surface area contributed by atoms with E-state index in [-0.39, 0.29) is 6.03 Å². The Kier molecular flexibility index (Phi) is 6.37. The van der Waals surface area contributed by atoms with E-state index in [1.807, 2.05) is 6.92 Å². The van der Waals surface area contributed by atoms with Gasteiger partial charge in [-0.1, -0.05) is 26.7 Å². The highest BCUT2D eigenvalue weighted by molar-refractivity contribution is 5.74. The van der Waals surface area contributed by atoms with Crippen LogP contribution in [0.5, 0.6) is 0 Å². The zero-order valence-electron chi connectivity index (χ0n) is 14.7. The molecule has 0 atom stereocenters. The molecule has 0 radical (unpaired) electrons. The molecule has 0 saturated heterocycles. The molecule has 1 saturated carbocycles. The second kappa shape index (κ2) is 8.27. The van der Waals surface area contributed by atoms with Crippen LogP contribution in [0.2, 0.25) is 0 Å². The summed E-state index contributed by atoms with van der Waals surface area (Å²) in [6.07, 6.45) is 11.3. The summed E-state index contributed by atoms with van der Waals surface area (Å²) >= 11 is 0. The highest BCUT2D eigenvalue weighted by Gasteiger charge is 2.32. The first-order valence-corrected chi connectivity index (χ1v) is 8.89. The Morgan fingerprint density at radius 1 is 1.26 bits per heavy atom. The topological polar surface area (TPSA) is 66.9 Å². The largest absolute Gasteiger partial charge is 0.338 e. The van der Waals surface area contributed by atoms with Gasteiger partial charge < -0.3 is 10.6 Å². The van der Waals surface area contributed by atoms with Crippen LogP contribution in [0.3, 0.4) is 0 Å². The molecule has 0 aliphatic heterocycles. The summed E-state index contributed by atoms with van der Waals surface area (Å²) in [4.78, 5) is 20.5. The predicted molar refractivity (Wildman–Crippen MR) is 92.3 cm³/mol. The molecule has 0 bridgehead atoms. The van der Waals surface area contributed by atoms with Crippen LogP contribution in [0, 0.1) is 12.3 Å². The summed E-state index contributed by atoms with van der Waals surface area (Å²) in [5.74, 6) is 0. The zero-order chi connectivity index (χ0) is 16.7. The molecule has 0 aromatic carbocycles. The van der Waals surface area contributed by atoms with Crippen molar-refractivity contribution in [2.75, 3.05) is 6.54 Å². The van der Waals surface area contributed by atoms with E-state index in [4.69, 9.17) is 0 Å². The van der Waals surface area contributed by atoms with Gasteiger partial charge in [-0.15, -0.1) is 0 Å². The lowest BCUT2D eigenvalue weighted by molar-refractivity contribution is 0.149. The molecule has 23 heavy (non-hydrogen) atoms. The van der Waals surface area contributed by atoms with Crippen LogP contribution in [0.25, 0.3) is 0 Å². The smallest absolute Gasteiger partial charge is 0.315 e. The SMILES string of the molecule is CCC1(CC)CCC(NC(=O)NCCc2cncc(C)n2)CC1. The number of hydrogen-bond donors (Lipinski definition) is 2. The quantitative estimate of drug-likeness (QED) is 0.845. The minimum atomic E-state index is -0.0592. The molecule has 0 unspecified atom stereocenters. The van der Waals surface area contributed by atoms with Crippen molar-refractivity contribution in [3.05, 3.63) is 23.8 Å². The summed E-state index contributed by atoms with van der Waals surface area (Å²) < 4.78 is 0. The number of urea groups is 1. The van der Waals surface area contributed by atoms with Crippen molar-refractivity contribution in [3.63, 3.8) is 0 Å². The molecule has 1 heterocycles. The van der Waals surface area contributed by atoms with Gasteiger partial charge in [0, 0.05) is 31.4 Å². The first-order valence-electron chi connectivity index (χ1n) is 8.89. The van der Waals surface area contributed by atoms with Crippen LogP contribution in [-0.4, -0.2) is 28.6 Å². The molecular formula is C18H30N4O. The summed E-state index contributed by atoms with van der Waals surface area (Å²) in [6.45, 7) is 7.09. The molecule has 1 aromatic heterocycles. The summed E-state index contributed by atoms with van der Waals surface area (Å²) in [7, 11) is 0. The maximum atomic E-state index is 12.0. The Morgan fingerprint density at radius 3 is 2.57 bits per heavy atom. The number of nitrogens with zero attached hydrogens (tertiary/aromatic N) is 2. The van der Waals surface area contributed by atoms with Gasteiger partial charge in [-0.25, -0.2) is 4.79 Å². The van der Waals surface area contributed by atoms with Crippen molar-refractivity contribution in [1.29, 1.82) is 0 Å². The fourth-order valence-corrected chi connectivity index (χ4v) is 3.51. The van der Waals surface area contributed by atoms with Crippen molar-refractivity contribution in [3.8, 4) is 0 Å². The second-order valence-corrected chi connectivity index (χ2v) is 6.78. The van der Waals surface area contributed by atoms with E-state index in [9.17, 15) is 4.79 Å². The Labute approximate surface area is 139 Å². The molecule has 1 fully saturated rings. The van der Waals surface area contributed by atoms with Crippen LogP contribution >= 0.6 is 0 Å². The fraction of sp³-hybridized carbons (Fsp3) is 0.722. The molecule has 0 spiro atoms. The normalized spacial score (nSPS) is 17.7. The third-order valence-electron chi connectivity index (χ3n) is 5.35. The third-order valence-corrected chi connectivity index (χ3v) is 5.35. The van der Waals surface area contributed by atoms with Gasteiger partial charge in [-0.3, -0.25) is 9.97 Å². The lowest BCUT2D eigenvalue weighted by atomic mass is 9.69. The number of aryl methyl sites for hydroxylation is 1. The first-order chi connectivity index (χ1) is 11.1. The van der Waals surface area contributed by atoms with Gasteiger partial charge in [-0.05, 0) is 38.0 Å². The van der Waals surface area contributed by atoms with Crippen LogP contribution in [-0.2, 0) is 6.42 Å². The summed E-state index contributed by atoms with van der Waals surface area (Å²) in [5.41, 5.74) is 2.33. The van der Waals surface area contributed by atoms with E-state index in [2.05, 4.69) is 34.4 Å². The average molecular weight is 318 g/mol. The summed E-state index contributed by atoms with van der Waals surface area (Å²) in [5, 5.41) is 6.05. The van der Waals surface area contributed by atoms with Gasteiger partial charge in [0.2, 0.25) is 0 Å². The number of nitrogens with one attached hydrogen (secondary N) is 2. The van der Waals surface area contributed by atoms with Crippen LogP contribution < -0.4 is 10.6 Å². The molecule has 5 nitrogen and oxygen atoms in total. The number of amides is 2. The molecule has 5 heteroatoms. The van der Waals surface area contributed by atoms with Crippen molar-refractivity contribution >= 4 is 6.03 Å². The molecule has 2 N–H and O–H groups in total. The average Bonchev–Trinajstić information content (AvgIpc) is 2.56. The minimum Gasteiger partial charge on any atom is -0.338 e. The molecule has 1 aromatic rings. The number of hydrogen-bond acceptors (Lipinski definition) is 3. The van der Waals surface area contributed by atoms with Gasteiger partial charge in [0.25, 0.3) is 0 Å². The number of rotatable bonds is 6. The summed E-state index contributed by atoms with van der Waals surface area (Å²) in [6, 6.07) is 0.260. The number of carbonyl (C=O) groups excluding carboxylic acids is 1. The van der Waals surface area contributed by atoms with Crippen molar-refractivity contribution < 1.29 is 4.79 Å². The van der Waals surface area contributed by atoms with E-state index < -0.39 is 0 Å². The lowest BCUT2D eigenvalue weighted by Crippen LogP contribution is -2.45. The second-order valence-electron chi connectivity index (χ2n) is 6.78.